The number of aromatic amines is 1. The Morgan fingerprint density at radius 3 is 2.76 bits per heavy atom. The Hall–Kier alpha value is -2.23. The molecule has 0 aliphatic carbocycles. The van der Waals surface area contributed by atoms with E-state index in [2.05, 4.69) is 9.72 Å². The SMILES string of the molecule is COC(=O)Cc1c(C(F)F)cc(C#N)[nH]c1=O. The van der Waals surface area contributed by atoms with Crippen molar-refractivity contribution in [3.8, 4) is 6.07 Å². The molecule has 1 aromatic rings. The van der Waals surface area contributed by atoms with Crippen molar-refractivity contribution in [2.24, 2.45) is 0 Å². The molecule has 1 aromatic heterocycles. The lowest BCUT2D eigenvalue weighted by atomic mass is 10.1. The Morgan fingerprint density at radius 1 is 1.65 bits per heavy atom. The molecule has 17 heavy (non-hydrogen) atoms. The highest BCUT2D eigenvalue weighted by Crippen LogP contribution is 2.21. The van der Waals surface area contributed by atoms with Crippen LogP contribution in [-0.4, -0.2) is 18.1 Å². The molecule has 0 atom stereocenters. The van der Waals surface area contributed by atoms with Crippen molar-refractivity contribution < 1.29 is 18.3 Å². The van der Waals surface area contributed by atoms with Crippen molar-refractivity contribution >= 4 is 5.97 Å². The number of esters is 1. The minimum Gasteiger partial charge on any atom is -0.469 e. The van der Waals surface area contributed by atoms with Gasteiger partial charge in [0, 0.05) is 11.1 Å². The molecule has 0 aromatic carbocycles. The van der Waals surface area contributed by atoms with Crippen LogP contribution in [0.15, 0.2) is 10.9 Å². The summed E-state index contributed by atoms with van der Waals surface area (Å²) >= 11 is 0. The van der Waals surface area contributed by atoms with Crippen LogP contribution >= 0.6 is 0 Å². The van der Waals surface area contributed by atoms with E-state index in [0.717, 1.165) is 13.2 Å². The third kappa shape index (κ3) is 2.87. The van der Waals surface area contributed by atoms with Gasteiger partial charge in [0.2, 0.25) is 0 Å². The van der Waals surface area contributed by atoms with Crippen molar-refractivity contribution in [1.29, 1.82) is 5.26 Å². The average Bonchev–Trinajstić information content (AvgIpc) is 2.30. The summed E-state index contributed by atoms with van der Waals surface area (Å²) in [6.45, 7) is 0. The highest BCUT2D eigenvalue weighted by molar-refractivity contribution is 5.72. The third-order valence-corrected chi connectivity index (χ3v) is 2.07. The minimum absolute atomic E-state index is 0.279. The van der Waals surface area contributed by atoms with Crippen LogP contribution in [0.5, 0.6) is 0 Å². The molecule has 0 spiro atoms. The quantitative estimate of drug-likeness (QED) is 0.798. The molecular weight excluding hydrogens is 234 g/mol. The summed E-state index contributed by atoms with van der Waals surface area (Å²) in [7, 11) is 1.09. The number of aromatic nitrogens is 1. The van der Waals surface area contributed by atoms with E-state index in [9.17, 15) is 18.4 Å². The number of halogens is 2. The van der Waals surface area contributed by atoms with Gasteiger partial charge < -0.3 is 9.72 Å². The third-order valence-electron chi connectivity index (χ3n) is 2.07. The summed E-state index contributed by atoms with van der Waals surface area (Å²) in [5.74, 6) is -0.804. The van der Waals surface area contributed by atoms with Crippen LogP contribution in [0.2, 0.25) is 0 Å². The standard InChI is InChI=1S/C10H8F2N2O3/c1-17-8(15)3-7-6(9(11)12)2-5(4-13)14-10(7)16/h2,9H,3H2,1H3,(H,14,16). The largest absolute Gasteiger partial charge is 0.469 e. The molecule has 7 heteroatoms. The van der Waals surface area contributed by atoms with Gasteiger partial charge in [-0.3, -0.25) is 9.59 Å². The molecule has 0 bridgehead atoms. The molecule has 90 valence electrons. The minimum atomic E-state index is -2.94. The fraction of sp³-hybridized carbons (Fsp3) is 0.300. The van der Waals surface area contributed by atoms with Gasteiger partial charge in [-0.1, -0.05) is 0 Å². The first-order chi connectivity index (χ1) is 7.99. The van der Waals surface area contributed by atoms with E-state index in [-0.39, 0.29) is 11.3 Å². The molecule has 1 heterocycles. The Morgan fingerprint density at radius 2 is 2.29 bits per heavy atom. The molecule has 0 saturated carbocycles. The van der Waals surface area contributed by atoms with Crippen LogP contribution in [0.1, 0.15) is 23.2 Å². The number of nitrogens with zero attached hydrogens (tertiary/aromatic N) is 1. The normalized spacial score (nSPS) is 10.1. The average molecular weight is 242 g/mol. The van der Waals surface area contributed by atoms with Gasteiger partial charge in [0.1, 0.15) is 11.8 Å². The van der Waals surface area contributed by atoms with E-state index >= 15 is 0 Å². The Labute approximate surface area is 94.6 Å². The summed E-state index contributed by atoms with van der Waals surface area (Å²) in [5.41, 5.74) is -2.18. The van der Waals surface area contributed by atoms with Crippen LogP contribution < -0.4 is 5.56 Å². The molecule has 1 N–H and O–H groups in total. The van der Waals surface area contributed by atoms with E-state index < -0.39 is 29.9 Å². The maximum absolute atomic E-state index is 12.7. The van der Waals surface area contributed by atoms with Gasteiger partial charge in [0.25, 0.3) is 12.0 Å². The molecule has 1 rings (SSSR count). The van der Waals surface area contributed by atoms with Crippen molar-refractivity contribution in [2.45, 2.75) is 12.8 Å². The fourth-order valence-corrected chi connectivity index (χ4v) is 1.26. The molecule has 5 nitrogen and oxygen atoms in total. The van der Waals surface area contributed by atoms with E-state index in [1.54, 1.807) is 6.07 Å². The summed E-state index contributed by atoms with van der Waals surface area (Å²) in [4.78, 5) is 24.5. The molecule has 0 unspecified atom stereocenters. The van der Waals surface area contributed by atoms with Crippen LogP contribution in [0.4, 0.5) is 8.78 Å². The summed E-state index contributed by atoms with van der Waals surface area (Å²) < 4.78 is 29.6. The van der Waals surface area contributed by atoms with E-state index in [0.29, 0.717) is 0 Å². The van der Waals surface area contributed by atoms with Crippen LogP contribution in [0.3, 0.4) is 0 Å². The fourth-order valence-electron chi connectivity index (χ4n) is 1.26. The second-order valence-corrected chi connectivity index (χ2v) is 3.11. The zero-order chi connectivity index (χ0) is 13.0. The van der Waals surface area contributed by atoms with Crippen LogP contribution in [-0.2, 0) is 16.0 Å². The van der Waals surface area contributed by atoms with Gasteiger partial charge in [-0.15, -0.1) is 0 Å². The first kappa shape index (κ1) is 12.8. The van der Waals surface area contributed by atoms with Gasteiger partial charge in [-0.25, -0.2) is 8.78 Å². The van der Waals surface area contributed by atoms with Crippen molar-refractivity contribution in [1.82, 2.24) is 4.98 Å². The first-order valence-electron chi connectivity index (χ1n) is 4.50. The van der Waals surface area contributed by atoms with E-state index in [1.165, 1.54) is 0 Å². The molecule has 0 fully saturated rings. The van der Waals surface area contributed by atoms with Crippen molar-refractivity contribution in [3.05, 3.63) is 33.2 Å². The number of carbonyl (C=O) groups excluding carboxylic acids is 1. The number of pyridine rings is 1. The molecule has 0 aliphatic rings. The van der Waals surface area contributed by atoms with Gasteiger partial charge in [-0.05, 0) is 6.07 Å². The van der Waals surface area contributed by atoms with Gasteiger partial charge in [0.05, 0.1) is 13.5 Å². The topological polar surface area (TPSA) is 82.9 Å². The number of hydrogen-bond donors (Lipinski definition) is 1. The van der Waals surface area contributed by atoms with Crippen molar-refractivity contribution in [2.75, 3.05) is 7.11 Å². The predicted molar refractivity (Wildman–Crippen MR) is 52.5 cm³/mol. The number of ether oxygens (including phenoxy) is 1. The summed E-state index contributed by atoms with van der Waals surface area (Å²) in [5, 5.41) is 8.53. The molecule has 0 saturated heterocycles. The Balaban J connectivity index is 3.33. The Bertz CT molecular complexity index is 531. The van der Waals surface area contributed by atoms with E-state index in [4.69, 9.17) is 5.26 Å². The number of alkyl halides is 2. The van der Waals surface area contributed by atoms with Crippen LogP contribution in [0, 0.1) is 11.3 Å². The maximum atomic E-state index is 12.7. The highest BCUT2D eigenvalue weighted by atomic mass is 19.3. The maximum Gasteiger partial charge on any atom is 0.310 e. The molecule has 0 aliphatic heterocycles. The number of nitrogens with one attached hydrogen (secondary N) is 1. The number of nitriles is 1. The summed E-state index contributed by atoms with van der Waals surface area (Å²) in [6, 6.07) is 2.40. The van der Waals surface area contributed by atoms with Gasteiger partial charge in [-0.2, -0.15) is 5.26 Å². The van der Waals surface area contributed by atoms with Crippen molar-refractivity contribution in [3.63, 3.8) is 0 Å². The zero-order valence-electron chi connectivity index (χ0n) is 8.79. The lowest BCUT2D eigenvalue weighted by molar-refractivity contribution is -0.139. The lowest BCUT2D eigenvalue weighted by Gasteiger charge is -2.07. The number of rotatable bonds is 3. The Kier molecular flexibility index (Phi) is 3.93. The monoisotopic (exact) mass is 242 g/mol. The molecular formula is C10H8F2N2O3. The zero-order valence-corrected chi connectivity index (χ0v) is 8.79. The van der Waals surface area contributed by atoms with Gasteiger partial charge in [0.15, 0.2) is 0 Å². The summed E-state index contributed by atoms with van der Waals surface area (Å²) in [6.07, 6.45) is -3.50. The number of methoxy groups -OCH3 is 1. The second-order valence-electron chi connectivity index (χ2n) is 3.11. The van der Waals surface area contributed by atoms with Crippen LogP contribution in [0.25, 0.3) is 0 Å². The predicted octanol–water partition coefficient (Wildman–Crippen LogP) is 0.900. The highest BCUT2D eigenvalue weighted by Gasteiger charge is 2.20. The smallest absolute Gasteiger partial charge is 0.310 e. The number of hydrogen-bond acceptors (Lipinski definition) is 4. The first-order valence-corrected chi connectivity index (χ1v) is 4.50. The lowest BCUT2D eigenvalue weighted by Crippen LogP contribution is -2.21. The molecule has 0 amide bonds. The molecule has 0 radical (unpaired) electrons. The second kappa shape index (κ2) is 5.21. The van der Waals surface area contributed by atoms with E-state index in [1.807, 2.05) is 0 Å². The van der Waals surface area contributed by atoms with Gasteiger partial charge >= 0.3 is 5.97 Å². The number of H-pyrrole nitrogens is 1. The number of carbonyl (C=O) groups is 1.